The topological polar surface area (TPSA) is 85.2 Å². The van der Waals surface area contributed by atoms with Gasteiger partial charge in [-0.25, -0.2) is 0 Å². The smallest absolute Gasteiger partial charge is 0.0553 e. The van der Waals surface area contributed by atoms with Gasteiger partial charge in [0.1, 0.15) is 0 Å². The third-order valence-corrected chi connectivity index (χ3v) is 1.06. The summed E-state index contributed by atoms with van der Waals surface area (Å²) in [5.41, 5.74) is 11.0. The number of rotatable bonds is 2. The average molecular weight is 169 g/mol. The van der Waals surface area contributed by atoms with Crippen LogP contribution in [-0.4, -0.2) is 23.2 Å². The molecule has 0 spiro atoms. The number of aromatic nitrogens is 1. The highest BCUT2D eigenvalue weighted by Gasteiger charge is 1.81. The van der Waals surface area contributed by atoms with Crippen molar-refractivity contribution in [3.63, 3.8) is 0 Å². The van der Waals surface area contributed by atoms with Gasteiger partial charge in [-0.05, 0) is 12.1 Å². The van der Waals surface area contributed by atoms with E-state index >= 15 is 0 Å². The van der Waals surface area contributed by atoms with Crippen molar-refractivity contribution in [1.82, 2.24) is 4.98 Å². The molecule has 0 atom stereocenters. The summed E-state index contributed by atoms with van der Waals surface area (Å²) in [6.07, 6.45) is 1.74. The molecule has 1 aromatic heterocycles. The van der Waals surface area contributed by atoms with Gasteiger partial charge < -0.3 is 16.6 Å². The van der Waals surface area contributed by atoms with E-state index in [4.69, 9.17) is 16.6 Å². The Hall–Kier alpha value is -0.970. The minimum atomic E-state index is 0.0972. The molecule has 1 aromatic rings. The maximum atomic E-state index is 7.75. The second-order valence-corrected chi connectivity index (χ2v) is 2.04. The zero-order chi connectivity index (χ0) is 9.23. The fourth-order valence-corrected chi connectivity index (χ4v) is 0.519. The molecule has 1 heterocycles. The highest BCUT2D eigenvalue weighted by molar-refractivity contribution is 5.02. The molecule has 0 aliphatic rings. The van der Waals surface area contributed by atoms with Gasteiger partial charge in [-0.15, -0.1) is 0 Å². The van der Waals surface area contributed by atoms with E-state index < -0.39 is 0 Å². The summed E-state index contributed by atoms with van der Waals surface area (Å²) < 4.78 is 0. The first-order valence-electron chi connectivity index (χ1n) is 3.76. The van der Waals surface area contributed by atoms with E-state index in [0.717, 1.165) is 5.69 Å². The van der Waals surface area contributed by atoms with Crippen LogP contribution in [0, 0.1) is 0 Å². The van der Waals surface area contributed by atoms with Crippen LogP contribution < -0.4 is 11.5 Å². The third-order valence-electron chi connectivity index (χ3n) is 1.06. The molecule has 0 saturated heterocycles. The average Bonchev–Trinajstić information content (AvgIpc) is 2.19. The molecule has 0 saturated carbocycles. The van der Waals surface area contributed by atoms with Crippen molar-refractivity contribution in [1.29, 1.82) is 0 Å². The van der Waals surface area contributed by atoms with Gasteiger partial charge in [-0.2, -0.15) is 0 Å². The predicted octanol–water partition coefficient (Wildman–Crippen LogP) is -0.522. The summed E-state index contributed by atoms with van der Waals surface area (Å²) in [5.74, 6) is 0. The van der Waals surface area contributed by atoms with Gasteiger partial charge in [0.2, 0.25) is 0 Å². The van der Waals surface area contributed by atoms with Crippen molar-refractivity contribution >= 4 is 0 Å². The standard InChI is InChI=1S/C6H8N2.C2H7NO/c7-5-6-3-1-2-4-8-6;3-1-2-4/h1-4H,5,7H2;4H,1-3H2. The highest BCUT2D eigenvalue weighted by Crippen LogP contribution is 1.88. The van der Waals surface area contributed by atoms with Crippen molar-refractivity contribution in [3.05, 3.63) is 30.1 Å². The maximum Gasteiger partial charge on any atom is 0.0553 e. The lowest BCUT2D eigenvalue weighted by atomic mass is 10.4. The zero-order valence-electron chi connectivity index (χ0n) is 6.98. The van der Waals surface area contributed by atoms with E-state index in [1.807, 2.05) is 18.2 Å². The summed E-state index contributed by atoms with van der Waals surface area (Å²) in [5, 5.41) is 7.75. The molecule has 0 bridgehead atoms. The van der Waals surface area contributed by atoms with Crippen LogP contribution in [0.3, 0.4) is 0 Å². The molecule has 0 radical (unpaired) electrons. The van der Waals surface area contributed by atoms with E-state index in [1.165, 1.54) is 0 Å². The molecule has 12 heavy (non-hydrogen) atoms. The first kappa shape index (κ1) is 11.0. The summed E-state index contributed by atoms with van der Waals surface area (Å²) >= 11 is 0. The largest absolute Gasteiger partial charge is 0.395 e. The van der Waals surface area contributed by atoms with E-state index in [9.17, 15) is 0 Å². The normalized spacial score (nSPS) is 8.58. The number of nitrogens with zero attached hydrogens (tertiary/aromatic N) is 1. The lowest BCUT2D eigenvalue weighted by molar-refractivity contribution is 0.306. The molecule has 0 aliphatic carbocycles. The number of aliphatic hydroxyl groups is 1. The van der Waals surface area contributed by atoms with Crippen LogP contribution >= 0.6 is 0 Å². The Morgan fingerprint density at radius 2 is 2.00 bits per heavy atom. The number of hydrogen-bond acceptors (Lipinski definition) is 4. The van der Waals surface area contributed by atoms with Gasteiger partial charge in [0.05, 0.1) is 12.3 Å². The molecule has 4 nitrogen and oxygen atoms in total. The SMILES string of the molecule is NCCO.NCc1ccccn1. The van der Waals surface area contributed by atoms with Crippen molar-refractivity contribution in [3.8, 4) is 0 Å². The lowest BCUT2D eigenvalue weighted by Crippen LogP contribution is -2.02. The Bertz CT molecular complexity index is 177. The molecule has 5 N–H and O–H groups in total. The first-order chi connectivity index (χ1) is 5.85. The van der Waals surface area contributed by atoms with Crippen LogP contribution in [0.1, 0.15) is 5.69 Å². The van der Waals surface area contributed by atoms with E-state index in [0.29, 0.717) is 13.1 Å². The molecule has 1 rings (SSSR count). The maximum absolute atomic E-state index is 7.75. The van der Waals surface area contributed by atoms with Gasteiger partial charge in [0.25, 0.3) is 0 Å². The molecule has 0 aliphatic heterocycles. The molecule has 4 heteroatoms. The van der Waals surface area contributed by atoms with Crippen molar-refractivity contribution in [2.24, 2.45) is 11.5 Å². The molecule has 0 amide bonds. The molecular formula is C8H15N3O. The van der Waals surface area contributed by atoms with Gasteiger partial charge in [-0.1, -0.05) is 6.07 Å². The van der Waals surface area contributed by atoms with Crippen LogP contribution in [0.5, 0.6) is 0 Å². The molecule has 0 unspecified atom stereocenters. The van der Waals surface area contributed by atoms with Crippen molar-refractivity contribution in [2.75, 3.05) is 13.2 Å². The van der Waals surface area contributed by atoms with Gasteiger partial charge in [-0.3, -0.25) is 4.98 Å². The lowest BCUT2D eigenvalue weighted by Gasteiger charge is -1.89. The second-order valence-electron chi connectivity index (χ2n) is 2.04. The third kappa shape index (κ3) is 5.79. The van der Waals surface area contributed by atoms with Crippen LogP contribution in [0.25, 0.3) is 0 Å². The monoisotopic (exact) mass is 169 g/mol. The Balaban J connectivity index is 0.000000261. The summed E-state index contributed by atoms with van der Waals surface area (Å²) in [6.45, 7) is 1.00. The molecule has 68 valence electrons. The number of hydrogen-bond donors (Lipinski definition) is 3. The van der Waals surface area contributed by atoms with Crippen LogP contribution in [0.2, 0.25) is 0 Å². The Kier molecular flexibility index (Phi) is 7.47. The minimum absolute atomic E-state index is 0.0972. The fraction of sp³-hybridized carbons (Fsp3) is 0.375. The van der Waals surface area contributed by atoms with Crippen LogP contribution in [0.4, 0.5) is 0 Å². The van der Waals surface area contributed by atoms with E-state index in [-0.39, 0.29) is 6.61 Å². The second kappa shape index (κ2) is 8.13. The highest BCUT2D eigenvalue weighted by atomic mass is 16.3. The molecular weight excluding hydrogens is 154 g/mol. The summed E-state index contributed by atoms with van der Waals surface area (Å²) in [6, 6.07) is 5.70. The van der Waals surface area contributed by atoms with Gasteiger partial charge in [0.15, 0.2) is 0 Å². The predicted molar refractivity (Wildman–Crippen MR) is 48.3 cm³/mol. The summed E-state index contributed by atoms with van der Waals surface area (Å²) in [7, 11) is 0. The van der Waals surface area contributed by atoms with Crippen LogP contribution in [0.15, 0.2) is 24.4 Å². The molecule has 0 aromatic carbocycles. The number of aliphatic hydroxyl groups excluding tert-OH is 1. The zero-order valence-corrected chi connectivity index (χ0v) is 6.98. The van der Waals surface area contributed by atoms with Crippen molar-refractivity contribution in [2.45, 2.75) is 6.54 Å². The number of nitrogens with two attached hydrogens (primary N) is 2. The number of pyridine rings is 1. The van der Waals surface area contributed by atoms with E-state index in [1.54, 1.807) is 6.20 Å². The van der Waals surface area contributed by atoms with Crippen LogP contribution in [-0.2, 0) is 6.54 Å². The Labute approximate surface area is 72.2 Å². The Morgan fingerprint density at radius 1 is 1.33 bits per heavy atom. The molecule has 0 fully saturated rings. The fourth-order valence-electron chi connectivity index (χ4n) is 0.519. The Morgan fingerprint density at radius 3 is 2.25 bits per heavy atom. The summed E-state index contributed by atoms with van der Waals surface area (Å²) in [4.78, 5) is 3.97. The quantitative estimate of drug-likeness (QED) is 0.556. The first-order valence-corrected chi connectivity index (χ1v) is 3.76. The van der Waals surface area contributed by atoms with Gasteiger partial charge >= 0.3 is 0 Å². The minimum Gasteiger partial charge on any atom is -0.395 e. The van der Waals surface area contributed by atoms with Crippen molar-refractivity contribution < 1.29 is 5.11 Å². The van der Waals surface area contributed by atoms with Gasteiger partial charge in [0, 0.05) is 19.3 Å². The van der Waals surface area contributed by atoms with E-state index in [2.05, 4.69) is 4.98 Å².